The molecule has 0 amide bonds. The molecule has 0 spiro atoms. The van der Waals surface area contributed by atoms with E-state index in [0.717, 1.165) is 30.8 Å². The average molecular weight is 257 g/mol. The van der Waals surface area contributed by atoms with E-state index < -0.39 is 0 Å². The normalized spacial score (nSPS) is 11.4. The van der Waals surface area contributed by atoms with Crippen molar-refractivity contribution in [1.82, 2.24) is 15.6 Å². The highest BCUT2D eigenvalue weighted by molar-refractivity contribution is 5.82. The SMILES string of the molecule is Cc1cc(CNCCNC(C)C)c2ccccc2n1. The van der Waals surface area contributed by atoms with Crippen molar-refractivity contribution in [2.75, 3.05) is 13.1 Å². The topological polar surface area (TPSA) is 37.0 Å². The Kier molecular flexibility index (Phi) is 4.88. The first kappa shape index (κ1) is 14.0. The molecule has 0 saturated heterocycles. The van der Waals surface area contributed by atoms with Gasteiger partial charge in [-0.3, -0.25) is 4.98 Å². The average Bonchev–Trinajstić information content (AvgIpc) is 2.37. The molecular formula is C16H23N3. The Morgan fingerprint density at radius 1 is 1.16 bits per heavy atom. The summed E-state index contributed by atoms with van der Waals surface area (Å²) in [5, 5.41) is 8.14. The maximum absolute atomic E-state index is 4.56. The number of hydrogen-bond acceptors (Lipinski definition) is 3. The molecule has 0 aliphatic carbocycles. The molecule has 19 heavy (non-hydrogen) atoms. The fourth-order valence-corrected chi connectivity index (χ4v) is 2.21. The number of rotatable bonds is 6. The molecule has 1 aromatic carbocycles. The quantitative estimate of drug-likeness (QED) is 0.781. The Bertz CT molecular complexity index is 535. The molecule has 2 aromatic rings. The van der Waals surface area contributed by atoms with Gasteiger partial charge in [0.15, 0.2) is 0 Å². The van der Waals surface area contributed by atoms with Crippen LogP contribution in [0.25, 0.3) is 10.9 Å². The summed E-state index contributed by atoms with van der Waals surface area (Å²) in [7, 11) is 0. The van der Waals surface area contributed by atoms with Crippen LogP contribution in [0.4, 0.5) is 0 Å². The third kappa shape index (κ3) is 4.01. The third-order valence-corrected chi connectivity index (χ3v) is 3.10. The van der Waals surface area contributed by atoms with E-state index in [1.807, 2.05) is 6.07 Å². The fourth-order valence-electron chi connectivity index (χ4n) is 2.21. The van der Waals surface area contributed by atoms with E-state index in [4.69, 9.17) is 0 Å². The van der Waals surface area contributed by atoms with Crippen LogP contribution >= 0.6 is 0 Å². The molecule has 0 unspecified atom stereocenters. The maximum atomic E-state index is 4.56. The Morgan fingerprint density at radius 3 is 2.74 bits per heavy atom. The molecule has 1 aromatic heterocycles. The first-order valence-corrected chi connectivity index (χ1v) is 6.96. The number of hydrogen-bond donors (Lipinski definition) is 2. The minimum atomic E-state index is 0.547. The van der Waals surface area contributed by atoms with Crippen LogP contribution in [0.5, 0.6) is 0 Å². The second-order valence-electron chi connectivity index (χ2n) is 5.23. The van der Waals surface area contributed by atoms with Crippen molar-refractivity contribution < 1.29 is 0 Å². The third-order valence-electron chi connectivity index (χ3n) is 3.10. The molecule has 1 heterocycles. The summed E-state index contributed by atoms with van der Waals surface area (Å²) in [6.45, 7) is 9.26. The number of pyridine rings is 1. The molecule has 0 atom stereocenters. The molecular weight excluding hydrogens is 234 g/mol. The Labute approximate surface area is 115 Å². The zero-order chi connectivity index (χ0) is 13.7. The molecule has 0 aliphatic heterocycles. The van der Waals surface area contributed by atoms with Crippen molar-refractivity contribution in [3.63, 3.8) is 0 Å². The molecule has 2 N–H and O–H groups in total. The minimum absolute atomic E-state index is 0.547. The monoisotopic (exact) mass is 257 g/mol. The Morgan fingerprint density at radius 2 is 1.95 bits per heavy atom. The molecule has 0 bridgehead atoms. The van der Waals surface area contributed by atoms with E-state index in [1.54, 1.807) is 0 Å². The summed E-state index contributed by atoms with van der Waals surface area (Å²) in [6.07, 6.45) is 0. The van der Waals surface area contributed by atoms with E-state index in [9.17, 15) is 0 Å². The molecule has 3 nitrogen and oxygen atoms in total. The van der Waals surface area contributed by atoms with Crippen LogP contribution in [0.1, 0.15) is 25.1 Å². The zero-order valence-corrected chi connectivity index (χ0v) is 12.0. The van der Waals surface area contributed by atoms with E-state index in [-0.39, 0.29) is 0 Å². The number of aryl methyl sites for hydroxylation is 1. The van der Waals surface area contributed by atoms with Gasteiger partial charge in [-0.2, -0.15) is 0 Å². The van der Waals surface area contributed by atoms with Gasteiger partial charge in [0.25, 0.3) is 0 Å². The van der Waals surface area contributed by atoms with Crippen LogP contribution in [0.2, 0.25) is 0 Å². The lowest BCUT2D eigenvalue weighted by molar-refractivity contribution is 0.556. The van der Waals surface area contributed by atoms with Crippen molar-refractivity contribution >= 4 is 10.9 Å². The molecule has 0 fully saturated rings. The van der Waals surface area contributed by atoms with Crippen molar-refractivity contribution in [1.29, 1.82) is 0 Å². The van der Waals surface area contributed by atoms with Gasteiger partial charge >= 0.3 is 0 Å². The fraction of sp³-hybridized carbons (Fsp3) is 0.438. The number of para-hydroxylation sites is 1. The smallest absolute Gasteiger partial charge is 0.0708 e. The van der Waals surface area contributed by atoms with Gasteiger partial charge in [0, 0.05) is 36.8 Å². The van der Waals surface area contributed by atoms with Crippen LogP contribution in [-0.4, -0.2) is 24.1 Å². The van der Waals surface area contributed by atoms with Gasteiger partial charge < -0.3 is 10.6 Å². The minimum Gasteiger partial charge on any atom is -0.313 e. The van der Waals surface area contributed by atoms with Gasteiger partial charge in [-0.25, -0.2) is 0 Å². The number of fused-ring (bicyclic) bond motifs is 1. The first-order chi connectivity index (χ1) is 9.16. The predicted molar refractivity (Wildman–Crippen MR) is 81.3 cm³/mol. The zero-order valence-electron chi connectivity index (χ0n) is 12.0. The van der Waals surface area contributed by atoms with E-state index in [1.165, 1.54) is 10.9 Å². The molecule has 3 heteroatoms. The number of benzene rings is 1. The van der Waals surface area contributed by atoms with Crippen LogP contribution in [-0.2, 0) is 6.54 Å². The molecule has 0 radical (unpaired) electrons. The lowest BCUT2D eigenvalue weighted by Gasteiger charge is -2.11. The van der Waals surface area contributed by atoms with Crippen molar-refractivity contribution in [3.8, 4) is 0 Å². The highest BCUT2D eigenvalue weighted by Gasteiger charge is 2.03. The van der Waals surface area contributed by atoms with Crippen molar-refractivity contribution in [2.45, 2.75) is 33.4 Å². The van der Waals surface area contributed by atoms with Crippen molar-refractivity contribution in [2.24, 2.45) is 0 Å². The summed E-state index contributed by atoms with van der Waals surface area (Å²) >= 11 is 0. The van der Waals surface area contributed by atoms with Gasteiger partial charge in [0.2, 0.25) is 0 Å². The standard InChI is InChI=1S/C16H23N3/c1-12(2)18-9-8-17-11-14-10-13(3)19-16-7-5-4-6-15(14)16/h4-7,10,12,17-18H,8-9,11H2,1-3H3. The van der Waals surface area contributed by atoms with Crippen LogP contribution in [0, 0.1) is 6.92 Å². The second kappa shape index (κ2) is 6.64. The molecule has 102 valence electrons. The lowest BCUT2D eigenvalue weighted by Crippen LogP contribution is -2.31. The summed E-state index contributed by atoms with van der Waals surface area (Å²) in [5.41, 5.74) is 3.49. The van der Waals surface area contributed by atoms with Crippen LogP contribution in [0.3, 0.4) is 0 Å². The van der Waals surface area contributed by atoms with Gasteiger partial charge in [0.1, 0.15) is 0 Å². The molecule has 0 saturated carbocycles. The number of aromatic nitrogens is 1. The van der Waals surface area contributed by atoms with Crippen LogP contribution in [0.15, 0.2) is 30.3 Å². The molecule has 2 rings (SSSR count). The largest absolute Gasteiger partial charge is 0.313 e. The predicted octanol–water partition coefficient (Wildman–Crippen LogP) is 2.63. The van der Waals surface area contributed by atoms with E-state index >= 15 is 0 Å². The van der Waals surface area contributed by atoms with E-state index in [2.05, 4.69) is 60.7 Å². The Hall–Kier alpha value is -1.45. The molecule has 0 aliphatic rings. The van der Waals surface area contributed by atoms with Gasteiger partial charge in [-0.1, -0.05) is 32.0 Å². The maximum Gasteiger partial charge on any atom is 0.0708 e. The summed E-state index contributed by atoms with van der Waals surface area (Å²) < 4.78 is 0. The van der Waals surface area contributed by atoms with Crippen molar-refractivity contribution in [3.05, 3.63) is 41.6 Å². The number of nitrogens with zero attached hydrogens (tertiary/aromatic N) is 1. The van der Waals surface area contributed by atoms with Gasteiger partial charge in [-0.15, -0.1) is 0 Å². The lowest BCUT2D eigenvalue weighted by atomic mass is 10.1. The Balaban J connectivity index is 2.00. The van der Waals surface area contributed by atoms with Gasteiger partial charge in [-0.05, 0) is 24.6 Å². The second-order valence-corrected chi connectivity index (χ2v) is 5.23. The highest BCUT2D eigenvalue weighted by atomic mass is 15.0. The summed E-state index contributed by atoms with van der Waals surface area (Å²) in [4.78, 5) is 4.56. The summed E-state index contributed by atoms with van der Waals surface area (Å²) in [5.74, 6) is 0. The van der Waals surface area contributed by atoms with E-state index in [0.29, 0.717) is 6.04 Å². The van der Waals surface area contributed by atoms with Gasteiger partial charge in [0.05, 0.1) is 5.52 Å². The number of nitrogens with one attached hydrogen (secondary N) is 2. The highest BCUT2D eigenvalue weighted by Crippen LogP contribution is 2.17. The first-order valence-electron chi connectivity index (χ1n) is 6.96. The summed E-state index contributed by atoms with van der Waals surface area (Å²) in [6, 6.07) is 11.1. The van der Waals surface area contributed by atoms with Crippen LogP contribution < -0.4 is 10.6 Å².